The van der Waals surface area contributed by atoms with Crippen molar-refractivity contribution in [3.05, 3.63) is 35.9 Å². The van der Waals surface area contributed by atoms with Crippen LogP contribution in [0.3, 0.4) is 0 Å². The molecule has 0 aliphatic heterocycles. The van der Waals surface area contributed by atoms with Crippen molar-refractivity contribution in [2.24, 2.45) is 5.73 Å². The van der Waals surface area contributed by atoms with E-state index in [1.165, 1.54) is 0 Å². The molecule has 21 heavy (non-hydrogen) atoms. The Morgan fingerprint density at radius 2 is 1.86 bits per heavy atom. The predicted octanol–water partition coefficient (Wildman–Crippen LogP) is 1.46. The predicted molar refractivity (Wildman–Crippen MR) is 79.7 cm³/mol. The first-order valence-electron chi connectivity index (χ1n) is 7.38. The lowest BCUT2D eigenvalue weighted by Crippen LogP contribution is -2.56. The molecule has 1 aliphatic carbocycles. The molecule has 1 fully saturated rings. The number of benzene rings is 1. The minimum Gasteiger partial charge on any atom is -0.480 e. The minimum absolute atomic E-state index is 0.333. The molecule has 0 saturated heterocycles. The van der Waals surface area contributed by atoms with Crippen molar-refractivity contribution in [3.63, 3.8) is 0 Å². The summed E-state index contributed by atoms with van der Waals surface area (Å²) in [6, 6.07) is 8.75. The van der Waals surface area contributed by atoms with Crippen molar-refractivity contribution in [2.45, 2.75) is 50.1 Å². The zero-order valence-electron chi connectivity index (χ0n) is 12.0. The summed E-state index contributed by atoms with van der Waals surface area (Å²) < 4.78 is 0. The fourth-order valence-corrected chi connectivity index (χ4v) is 2.75. The van der Waals surface area contributed by atoms with Crippen LogP contribution in [-0.2, 0) is 16.0 Å². The molecule has 4 N–H and O–H groups in total. The second-order valence-electron chi connectivity index (χ2n) is 5.75. The van der Waals surface area contributed by atoms with Crippen LogP contribution in [0.15, 0.2) is 30.3 Å². The van der Waals surface area contributed by atoms with E-state index in [-0.39, 0.29) is 5.91 Å². The normalized spacial score (nSPS) is 18.1. The van der Waals surface area contributed by atoms with E-state index < -0.39 is 17.6 Å². The van der Waals surface area contributed by atoms with E-state index in [1.807, 2.05) is 30.3 Å². The molecule has 1 aromatic rings. The van der Waals surface area contributed by atoms with E-state index in [4.69, 9.17) is 5.73 Å². The van der Waals surface area contributed by atoms with E-state index in [0.29, 0.717) is 25.7 Å². The summed E-state index contributed by atoms with van der Waals surface area (Å²) in [5.41, 5.74) is 6.22. The van der Waals surface area contributed by atoms with Crippen LogP contribution in [0.2, 0.25) is 0 Å². The number of nitrogens with one attached hydrogen (secondary N) is 1. The van der Waals surface area contributed by atoms with Gasteiger partial charge < -0.3 is 16.2 Å². The molecule has 114 valence electrons. The second kappa shape index (κ2) is 6.72. The summed E-state index contributed by atoms with van der Waals surface area (Å²) in [5.74, 6) is -1.35. The number of rotatable bonds is 6. The number of aliphatic carboxylic acids is 1. The molecule has 0 radical (unpaired) electrons. The number of carbonyl (C=O) groups is 2. The molecule has 0 spiro atoms. The summed E-state index contributed by atoms with van der Waals surface area (Å²) in [5, 5.41) is 11.9. The van der Waals surface area contributed by atoms with Crippen LogP contribution in [-0.4, -0.2) is 28.6 Å². The Bertz CT molecular complexity index is 496. The van der Waals surface area contributed by atoms with Gasteiger partial charge in [0.15, 0.2) is 0 Å². The molecule has 5 heteroatoms. The molecular weight excluding hydrogens is 268 g/mol. The van der Waals surface area contributed by atoms with Crippen molar-refractivity contribution >= 4 is 11.9 Å². The molecule has 1 aliphatic rings. The lowest BCUT2D eigenvalue weighted by Gasteiger charge is -2.25. The topological polar surface area (TPSA) is 92.4 Å². The molecular formula is C16H22N2O3. The standard InChI is InChI=1S/C16H22N2O3/c17-16(10-4-5-11-16)15(21)18-13(14(19)20)9-8-12-6-2-1-3-7-12/h1-3,6-7,13H,4-5,8-11,17H2,(H,18,21)(H,19,20)/t13-/m0/s1. The Balaban J connectivity index is 1.93. The Morgan fingerprint density at radius 1 is 1.24 bits per heavy atom. The first-order chi connectivity index (χ1) is 10.0. The Kier molecular flexibility index (Phi) is 4.96. The van der Waals surface area contributed by atoms with Crippen LogP contribution in [0.4, 0.5) is 0 Å². The van der Waals surface area contributed by atoms with Gasteiger partial charge in [-0.2, -0.15) is 0 Å². The third kappa shape index (κ3) is 4.04. The van der Waals surface area contributed by atoms with Crippen molar-refractivity contribution in [2.75, 3.05) is 0 Å². The number of hydrogen-bond donors (Lipinski definition) is 3. The highest BCUT2D eigenvalue weighted by Gasteiger charge is 2.38. The van der Waals surface area contributed by atoms with Gasteiger partial charge in [-0.15, -0.1) is 0 Å². The molecule has 1 atom stereocenters. The molecule has 0 heterocycles. The monoisotopic (exact) mass is 290 g/mol. The van der Waals surface area contributed by atoms with Crippen LogP contribution in [0.1, 0.15) is 37.7 Å². The van der Waals surface area contributed by atoms with Gasteiger partial charge in [-0.25, -0.2) is 4.79 Å². The average molecular weight is 290 g/mol. The summed E-state index contributed by atoms with van der Waals surface area (Å²) in [7, 11) is 0. The maximum atomic E-state index is 12.2. The Morgan fingerprint density at radius 3 is 2.43 bits per heavy atom. The van der Waals surface area contributed by atoms with Gasteiger partial charge in [0.2, 0.25) is 5.91 Å². The fourth-order valence-electron chi connectivity index (χ4n) is 2.75. The average Bonchev–Trinajstić information content (AvgIpc) is 2.92. The molecule has 0 unspecified atom stereocenters. The van der Waals surface area contributed by atoms with Gasteiger partial charge in [0.1, 0.15) is 6.04 Å². The van der Waals surface area contributed by atoms with Gasteiger partial charge in [-0.05, 0) is 31.2 Å². The lowest BCUT2D eigenvalue weighted by molar-refractivity contribution is -0.142. The number of amides is 1. The van der Waals surface area contributed by atoms with E-state index in [0.717, 1.165) is 18.4 Å². The first kappa shape index (κ1) is 15.5. The maximum Gasteiger partial charge on any atom is 0.326 e. The van der Waals surface area contributed by atoms with Crippen LogP contribution in [0, 0.1) is 0 Å². The molecule has 0 aromatic heterocycles. The summed E-state index contributed by atoms with van der Waals surface area (Å²) in [4.78, 5) is 23.5. The van der Waals surface area contributed by atoms with Gasteiger partial charge in [0, 0.05) is 0 Å². The molecule has 0 bridgehead atoms. The fraction of sp³-hybridized carbons (Fsp3) is 0.500. The Hall–Kier alpha value is -1.88. The maximum absolute atomic E-state index is 12.2. The van der Waals surface area contributed by atoms with Crippen LogP contribution < -0.4 is 11.1 Å². The smallest absolute Gasteiger partial charge is 0.326 e. The van der Waals surface area contributed by atoms with Crippen molar-refractivity contribution in [3.8, 4) is 0 Å². The molecule has 5 nitrogen and oxygen atoms in total. The van der Waals surface area contributed by atoms with Gasteiger partial charge in [0.25, 0.3) is 0 Å². The van der Waals surface area contributed by atoms with Gasteiger partial charge in [-0.1, -0.05) is 43.2 Å². The number of nitrogens with two attached hydrogens (primary N) is 1. The van der Waals surface area contributed by atoms with Crippen molar-refractivity contribution in [1.29, 1.82) is 0 Å². The van der Waals surface area contributed by atoms with Crippen molar-refractivity contribution in [1.82, 2.24) is 5.32 Å². The number of carboxylic acid groups (broad SMARTS) is 1. The second-order valence-corrected chi connectivity index (χ2v) is 5.75. The Labute approximate surface area is 124 Å². The third-order valence-electron chi connectivity index (χ3n) is 4.12. The quantitative estimate of drug-likeness (QED) is 0.739. The summed E-state index contributed by atoms with van der Waals surface area (Å²) in [6.45, 7) is 0. The zero-order chi connectivity index (χ0) is 15.3. The van der Waals surface area contributed by atoms with Gasteiger partial charge in [-0.3, -0.25) is 4.79 Å². The van der Waals surface area contributed by atoms with E-state index in [1.54, 1.807) is 0 Å². The largest absolute Gasteiger partial charge is 0.480 e. The molecule has 1 aromatic carbocycles. The van der Waals surface area contributed by atoms with Crippen LogP contribution in [0.5, 0.6) is 0 Å². The number of aryl methyl sites for hydroxylation is 1. The van der Waals surface area contributed by atoms with Crippen LogP contribution in [0.25, 0.3) is 0 Å². The highest BCUT2D eigenvalue weighted by atomic mass is 16.4. The third-order valence-corrected chi connectivity index (χ3v) is 4.12. The molecule has 1 saturated carbocycles. The van der Waals surface area contributed by atoms with Gasteiger partial charge in [0.05, 0.1) is 5.54 Å². The zero-order valence-corrected chi connectivity index (χ0v) is 12.0. The first-order valence-corrected chi connectivity index (χ1v) is 7.38. The van der Waals surface area contributed by atoms with Crippen molar-refractivity contribution < 1.29 is 14.7 Å². The van der Waals surface area contributed by atoms with Gasteiger partial charge >= 0.3 is 5.97 Å². The number of hydrogen-bond acceptors (Lipinski definition) is 3. The number of carboxylic acids is 1. The molecule has 2 rings (SSSR count). The summed E-state index contributed by atoms with van der Waals surface area (Å²) >= 11 is 0. The highest BCUT2D eigenvalue weighted by molar-refractivity contribution is 5.90. The van der Waals surface area contributed by atoms with E-state index in [2.05, 4.69) is 5.32 Å². The van der Waals surface area contributed by atoms with Crippen LogP contribution >= 0.6 is 0 Å². The highest BCUT2D eigenvalue weighted by Crippen LogP contribution is 2.27. The SMILES string of the molecule is NC1(C(=O)N[C@@H](CCc2ccccc2)C(=O)O)CCCC1. The van der Waals surface area contributed by atoms with E-state index >= 15 is 0 Å². The summed E-state index contributed by atoms with van der Waals surface area (Å²) in [6.07, 6.45) is 4.07. The van der Waals surface area contributed by atoms with E-state index in [9.17, 15) is 14.7 Å². The molecule has 1 amide bonds. The number of carbonyl (C=O) groups excluding carboxylic acids is 1. The minimum atomic E-state index is -1.01. The lowest BCUT2D eigenvalue weighted by atomic mass is 9.97.